The molecule has 3 heterocycles. The van der Waals surface area contributed by atoms with Crippen molar-refractivity contribution in [2.75, 3.05) is 5.32 Å². The molecular formula is C42H35F3N6O. The third kappa shape index (κ3) is 6.04. The zero-order valence-corrected chi connectivity index (χ0v) is 28.1. The number of rotatable bonds is 9. The number of allylic oxidation sites excluding steroid dienone is 2. The number of fused-ring (bicyclic) bond motifs is 1. The molecule has 1 unspecified atom stereocenters. The number of aromatic nitrogens is 4. The van der Waals surface area contributed by atoms with E-state index < -0.39 is 23.0 Å². The molecule has 2 atom stereocenters. The van der Waals surface area contributed by atoms with Crippen LogP contribution in [-0.4, -0.2) is 37.7 Å². The number of halogens is 3. The molecule has 2 aliphatic rings. The maximum atomic E-state index is 16.0. The summed E-state index contributed by atoms with van der Waals surface area (Å²) in [4.78, 5) is 21.8. The molecule has 0 spiro atoms. The summed E-state index contributed by atoms with van der Waals surface area (Å²) in [5.74, 6) is -2.74. The van der Waals surface area contributed by atoms with Crippen LogP contribution in [0.2, 0.25) is 0 Å². The minimum atomic E-state index is -1.14. The Bertz CT molecular complexity index is 2210. The molecule has 2 aliphatic carbocycles. The second-order valence-corrected chi connectivity index (χ2v) is 13.2. The number of carbonyl (C=O) groups excluding carboxylic acids is 1. The van der Waals surface area contributed by atoms with Crippen LogP contribution in [0.15, 0.2) is 133 Å². The molecular weight excluding hydrogens is 661 g/mol. The standard InChI is InChI=1S/C42H35F3N6O/c43-31-23-34-37(38-35(44)25-36(45)39(49-38)47-32-21-12-22-33(24-32)48-41(52)27-13-10-11-14-27)50-51(40(34)46-26-31)42(28-15-4-1-5-16-28,29-17-6-2-7-18-29)30-19-8-3-9-20-30/h1-10,13-20,23,25-26,32-33H,11-12,21-22,24H2,(H,47,49)(H,48,52)/t32?,33-/m1/s1. The Morgan fingerprint density at radius 1 is 0.788 bits per heavy atom. The van der Waals surface area contributed by atoms with Gasteiger partial charge in [-0.25, -0.2) is 27.8 Å². The molecule has 0 bridgehead atoms. The topological polar surface area (TPSA) is 84.7 Å². The number of hydrogen-bond acceptors (Lipinski definition) is 5. The molecule has 260 valence electrons. The summed E-state index contributed by atoms with van der Waals surface area (Å²) in [6.07, 6.45) is 10.3. The maximum absolute atomic E-state index is 16.0. The summed E-state index contributed by atoms with van der Waals surface area (Å²) in [5, 5.41) is 11.5. The third-order valence-electron chi connectivity index (χ3n) is 9.92. The van der Waals surface area contributed by atoms with Crippen LogP contribution in [0.5, 0.6) is 0 Å². The van der Waals surface area contributed by atoms with Crippen LogP contribution in [-0.2, 0) is 10.3 Å². The normalized spacial score (nSPS) is 17.2. The monoisotopic (exact) mass is 696 g/mol. The fraction of sp³-hybridized carbons (Fsp3) is 0.190. The van der Waals surface area contributed by atoms with Crippen molar-refractivity contribution in [2.45, 2.75) is 49.7 Å². The van der Waals surface area contributed by atoms with E-state index in [2.05, 4.69) is 20.6 Å². The summed E-state index contributed by atoms with van der Waals surface area (Å²) in [6.45, 7) is 0. The number of hydrogen-bond donors (Lipinski definition) is 2. The van der Waals surface area contributed by atoms with Gasteiger partial charge in [0.05, 0.1) is 11.6 Å². The summed E-state index contributed by atoms with van der Waals surface area (Å²) >= 11 is 0. The van der Waals surface area contributed by atoms with Crippen LogP contribution in [0.1, 0.15) is 48.8 Å². The van der Waals surface area contributed by atoms with Crippen LogP contribution in [0.4, 0.5) is 19.0 Å². The molecule has 0 radical (unpaired) electrons. The largest absolute Gasteiger partial charge is 0.365 e. The van der Waals surface area contributed by atoms with E-state index in [4.69, 9.17) is 5.10 Å². The van der Waals surface area contributed by atoms with E-state index in [-0.39, 0.29) is 46.2 Å². The van der Waals surface area contributed by atoms with Crippen molar-refractivity contribution in [2.24, 2.45) is 0 Å². The highest BCUT2D eigenvalue weighted by atomic mass is 19.1. The molecule has 3 aromatic heterocycles. The molecule has 8 rings (SSSR count). The first kappa shape index (κ1) is 33.1. The number of benzene rings is 3. The van der Waals surface area contributed by atoms with Crippen molar-refractivity contribution < 1.29 is 18.0 Å². The quantitative estimate of drug-likeness (QED) is 0.148. The number of pyridine rings is 2. The molecule has 0 aliphatic heterocycles. The lowest BCUT2D eigenvalue weighted by Crippen LogP contribution is -2.42. The molecule has 6 aromatic rings. The van der Waals surface area contributed by atoms with E-state index >= 15 is 13.2 Å². The van der Waals surface area contributed by atoms with E-state index in [0.29, 0.717) is 18.4 Å². The minimum Gasteiger partial charge on any atom is -0.365 e. The van der Waals surface area contributed by atoms with Crippen molar-refractivity contribution >= 4 is 22.8 Å². The Balaban J connectivity index is 1.25. The van der Waals surface area contributed by atoms with Crippen molar-refractivity contribution in [3.63, 3.8) is 0 Å². The predicted octanol–water partition coefficient (Wildman–Crippen LogP) is 8.48. The Morgan fingerprint density at radius 2 is 1.42 bits per heavy atom. The average Bonchev–Trinajstić information content (AvgIpc) is 3.84. The number of amides is 1. The molecule has 10 heteroatoms. The van der Waals surface area contributed by atoms with E-state index in [1.807, 2.05) is 109 Å². The highest BCUT2D eigenvalue weighted by Gasteiger charge is 2.42. The van der Waals surface area contributed by atoms with Crippen LogP contribution >= 0.6 is 0 Å². The number of nitrogens with zero attached hydrogens (tertiary/aromatic N) is 4. The molecule has 1 fully saturated rings. The van der Waals surface area contributed by atoms with Crippen molar-refractivity contribution in [3.05, 3.63) is 167 Å². The van der Waals surface area contributed by atoms with Crippen LogP contribution < -0.4 is 10.6 Å². The van der Waals surface area contributed by atoms with Gasteiger partial charge in [-0.1, -0.05) is 109 Å². The van der Waals surface area contributed by atoms with Gasteiger partial charge in [-0.05, 0) is 54.9 Å². The van der Waals surface area contributed by atoms with Gasteiger partial charge < -0.3 is 10.6 Å². The first-order valence-electron chi connectivity index (χ1n) is 17.4. The summed E-state index contributed by atoms with van der Waals surface area (Å²) in [6, 6.07) is 30.9. The Kier molecular flexibility index (Phi) is 8.88. The van der Waals surface area contributed by atoms with Gasteiger partial charge in [-0.2, -0.15) is 5.10 Å². The van der Waals surface area contributed by atoms with Gasteiger partial charge in [-0.15, -0.1) is 0 Å². The lowest BCUT2D eigenvalue weighted by molar-refractivity contribution is -0.118. The predicted molar refractivity (Wildman–Crippen MR) is 195 cm³/mol. The molecule has 0 saturated heterocycles. The first-order chi connectivity index (χ1) is 25.4. The SMILES string of the molecule is O=C(N[C@@H]1CCCC(Nc2nc(-c3nn(C(c4ccccc4)(c4ccccc4)c4ccccc4)c4ncc(F)cc34)c(F)cc2F)C1)C1=CCC=C1. The zero-order valence-electron chi connectivity index (χ0n) is 28.1. The van der Waals surface area contributed by atoms with Crippen LogP contribution in [0.25, 0.3) is 22.4 Å². The fourth-order valence-electron chi connectivity index (χ4n) is 7.56. The zero-order chi connectivity index (χ0) is 35.7. The lowest BCUT2D eigenvalue weighted by Gasteiger charge is -2.36. The van der Waals surface area contributed by atoms with E-state index in [1.54, 1.807) is 4.68 Å². The molecule has 3 aromatic carbocycles. The summed E-state index contributed by atoms with van der Waals surface area (Å²) in [7, 11) is 0. The smallest absolute Gasteiger partial charge is 0.251 e. The summed E-state index contributed by atoms with van der Waals surface area (Å²) < 4.78 is 48.3. The van der Waals surface area contributed by atoms with E-state index in [0.717, 1.165) is 48.2 Å². The Morgan fingerprint density at radius 3 is 2.04 bits per heavy atom. The van der Waals surface area contributed by atoms with Crippen LogP contribution in [0.3, 0.4) is 0 Å². The summed E-state index contributed by atoms with van der Waals surface area (Å²) in [5.41, 5.74) is 2.06. The Labute approximate surface area is 298 Å². The fourth-order valence-corrected chi connectivity index (χ4v) is 7.56. The first-order valence-corrected chi connectivity index (χ1v) is 17.4. The van der Waals surface area contributed by atoms with Gasteiger partial charge >= 0.3 is 0 Å². The highest BCUT2D eigenvalue weighted by molar-refractivity contribution is 5.97. The van der Waals surface area contributed by atoms with Gasteiger partial charge in [-0.3, -0.25) is 4.79 Å². The van der Waals surface area contributed by atoms with Gasteiger partial charge in [0.25, 0.3) is 5.91 Å². The van der Waals surface area contributed by atoms with E-state index in [9.17, 15) is 4.79 Å². The van der Waals surface area contributed by atoms with Gasteiger partial charge in [0.2, 0.25) is 0 Å². The molecule has 1 amide bonds. The Hall–Kier alpha value is -6.03. The number of carbonyl (C=O) groups is 1. The van der Waals surface area contributed by atoms with Gasteiger partial charge in [0.15, 0.2) is 23.1 Å². The molecule has 52 heavy (non-hydrogen) atoms. The second-order valence-electron chi connectivity index (χ2n) is 13.2. The molecule has 2 N–H and O–H groups in total. The van der Waals surface area contributed by atoms with Gasteiger partial charge in [0.1, 0.15) is 22.7 Å². The van der Waals surface area contributed by atoms with Crippen molar-refractivity contribution in [1.82, 2.24) is 25.1 Å². The van der Waals surface area contributed by atoms with Crippen molar-refractivity contribution in [3.8, 4) is 11.4 Å². The third-order valence-corrected chi connectivity index (χ3v) is 9.92. The second kappa shape index (κ2) is 13.9. The average molecular weight is 697 g/mol. The van der Waals surface area contributed by atoms with Crippen LogP contribution in [0, 0.1) is 17.5 Å². The number of anilines is 1. The maximum Gasteiger partial charge on any atom is 0.251 e. The number of nitrogens with one attached hydrogen (secondary N) is 2. The van der Waals surface area contributed by atoms with Gasteiger partial charge in [0, 0.05) is 23.7 Å². The highest BCUT2D eigenvalue weighted by Crippen LogP contribution is 2.44. The van der Waals surface area contributed by atoms with Crippen molar-refractivity contribution in [1.29, 1.82) is 0 Å². The minimum absolute atomic E-state index is 0.0152. The molecule has 1 saturated carbocycles. The lowest BCUT2D eigenvalue weighted by atomic mass is 9.77. The molecule has 7 nitrogen and oxygen atoms in total. The van der Waals surface area contributed by atoms with E-state index in [1.165, 1.54) is 6.07 Å².